The normalized spacial score (nSPS) is 14.2. The summed E-state index contributed by atoms with van der Waals surface area (Å²) in [6.07, 6.45) is 5.54. The van der Waals surface area contributed by atoms with Gasteiger partial charge < -0.3 is 14.8 Å². The summed E-state index contributed by atoms with van der Waals surface area (Å²) in [4.78, 5) is 34.9. The highest BCUT2D eigenvalue weighted by molar-refractivity contribution is 5.87. The summed E-state index contributed by atoms with van der Waals surface area (Å²) in [6.45, 7) is 0. The van der Waals surface area contributed by atoms with Gasteiger partial charge in [-0.1, -0.05) is 6.07 Å². The number of aromatic nitrogens is 6. The van der Waals surface area contributed by atoms with Crippen LogP contribution >= 0.6 is 0 Å². The number of aromatic amines is 2. The lowest BCUT2D eigenvalue weighted by molar-refractivity contribution is 0.0696. The summed E-state index contributed by atoms with van der Waals surface area (Å²) in [5.41, 5.74) is 2.09. The Morgan fingerprint density at radius 3 is 2.71 bits per heavy atom. The van der Waals surface area contributed by atoms with E-state index in [0.717, 1.165) is 31.2 Å². The van der Waals surface area contributed by atoms with Crippen molar-refractivity contribution in [1.82, 2.24) is 30.4 Å². The minimum Gasteiger partial charge on any atom is -0.490 e. The summed E-state index contributed by atoms with van der Waals surface area (Å²) in [7, 11) is 0. The highest BCUT2D eigenvalue weighted by Gasteiger charge is 2.21. The van der Waals surface area contributed by atoms with Crippen LogP contribution in [0.5, 0.6) is 5.75 Å². The predicted octanol–water partition coefficient (Wildman–Crippen LogP) is 2.79. The Kier molecular flexibility index (Phi) is 4.66. The van der Waals surface area contributed by atoms with Crippen LogP contribution in [-0.4, -0.2) is 47.5 Å². The number of carboxylic acids is 1. The van der Waals surface area contributed by atoms with Crippen LogP contribution in [-0.2, 0) is 0 Å². The molecule has 0 aliphatic heterocycles. The number of hydrogen-bond acceptors (Lipinski definition) is 7. The Morgan fingerprint density at radius 2 is 1.97 bits per heavy atom. The average molecular weight is 418 g/mol. The van der Waals surface area contributed by atoms with Gasteiger partial charge in [0.2, 0.25) is 5.65 Å². The molecular weight excluding hydrogens is 400 g/mol. The standard InChI is InChI=1S/C21H18N6O4/c28-20-17-19(26-27-25-17)23-18(24-20)14-7-5-11(9-16(14)31-13-3-1-2-4-13)15-8-6-12(10-22-15)21(29)30/h5-10,13H,1-4H2,(H,29,30)(H2,23,24,25,26,27,28). The first-order valence-electron chi connectivity index (χ1n) is 9.90. The van der Waals surface area contributed by atoms with E-state index in [1.807, 2.05) is 12.1 Å². The fourth-order valence-corrected chi connectivity index (χ4v) is 3.74. The Morgan fingerprint density at radius 1 is 1.13 bits per heavy atom. The molecule has 1 aromatic carbocycles. The zero-order valence-corrected chi connectivity index (χ0v) is 16.3. The molecule has 5 rings (SSSR count). The molecule has 1 saturated carbocycles. The number of aromatic carboxylic acids is 1. The molecule has 10 nitrogen and oxygen atoms in total. The molecule has 3 heterocycles. The maximum Gasteiger partial charge on any atom is 0.337 e. The first-order chi connectivity index (χ1) is 15.1. The van der Waals surface area contributed by atoms with Gasteiger partial charge in [-0.05, 0) is 49.9 Å². The van der Waals surface area contributed by atoms with E-state index in [-0.39, 0.29) is 22.8 Å². The van der Waals surface area contributed by atoms with Crippen LogP contribution in [0.3, 0.4) is 0 Å². The van der Waals surface area contributed by atoms with Crippen molar-refractivity contribution in [1.29, 1.82) is 0 Å². The molecule has 1 fully saturated rings. The van der Waals surface area contributed by atoms with Gasteiger partial charge in [0.05, 0.1) is 22.9 Å². The van der Waals surface area contributed by atoms with E-state index in [2.05, 4.69) is 30.4 Å². The van der Waals surface area contributed by atoms with E-state index in [1.165, 1.54) is 12.3 Å². The van der Waals surface area contributed by atoms with E-state index in [9.17, 15) is 9.59 Å². The van der Waals surface area contributed by atoms with Crippen LogP contribution in [0.4, 0.5) is 0 Å². The van der Waals surface area contributed by atoms with Crippen molar-refractivity contribution in [2.24, 2.45) is 0 Å². The molecule has 0 atom stereocenters. The first-order valence-corrected chi connectivity index (χ1v) is 9.90. The highest BCUT2D eigenvalue weighted by atomic mass is 16.5. The molecule has 10 heteroatoms. The Balaban J connectivity index is 1.59. The Labute approximate surface area is 175 Å². The molecule has 3 N–H and O–H groups in total. The lowest BCUT2D eigenvalue weighted by Crippen LogP contribution is -2.13. The number of H-pyrrole nitrogens is 2. The van der Waals surface area contributed by atoms with Crippen molar-refractivity contribution in [3.05, 3.63) is 52.4 Å². The number of nitrogens with zero attached hydrogens (tertiary/aromatic N) is 4. The molecule has 0 radical (unpaired) electrons. The van der Waals surface area contributed by atoms with Gasteiger partial charge in [-0.3, -0.25) is 9.78 Å². The van der Waals surface area contributed by atoms with Crippen molar-refractivity contribution >= 4 is 17.1 Å². The van der Waals surface area contributed by atoms with Crippen molar-refractivity contribution in [2.45, 2.75) is 31.8 Å². The molecule has 0 saturated heterocycles. The van der Waals surface area contributed by atoms with Crippen LogP contribution < -0.4 is 10.3 Å². The van der Waals surface area contributed by atoms with Gasteiger partial charge in [0.25, 0.3) is 5.56 Å². The zero-order valence-electron chi connectivity index (χ0n) is 16.3. The summed E-state index contributed by atoms with van der Waals surface area (Å²) in [6, 6.07) is 8.62. The van der Waals surface area contributed by atoms with Gasteiger partial charge in [0, 0.05) is 11.8 Å². The maximum atomic E-state index is 12.3. The molecule has 0 spiro atoms. The lowest BCUT2D eigenvalue weighted by Gasteiger charge is -2.17. The second kappa shape index (κ2) is 7.63. The number of benzene rings is 1. The molecule has 4 aromatic rings. The first kappa shape index (κ1) is 18.9. The molecule has 3 aromatic heterocycles. The number of nitrogens with one attached hydrogen (secondary N) is 2. The minimum atomic E-state index is -1.03. The number of fused-ring (bicyclic) bond motifs is 1. The van der Waals surface area contributed by atoms with Gasteiger partial charge in [-0.15, -0.1) is 10.2 Å². The van der Waals surface area contributed by atoms with Gasteiger partial charge in [-0.2, -0.15) is 5.21 Å². The molecule has 31 heavy (non-hydrogen) atoms. The monoisotopic (exact) mass is 418 g/mol. The fourth-order valence-electron chi connectivity index (χ4n) is 3.74. The topological polar surface area (TPSA) is 147 Å². The lowest BCUT2D eigenvalue weighted by atomic mass is 10.1. The van der Waals surface area contributed by atoms with E-state index < -0.39 is 11.5 Å². The molecule has 0 amide bonds. The summed E-state index contributed by atoms with van der Waals surface area (Å²) in [5, 5.41) is 19.2. The van der Waals surface area contributed by atoms with Crippen LogP contribution in [0.25, 0.3) is 33.8 Å². The highest BCUT2D eigenvalue weighted by Crippen LogP contribution is 2.35. The quantitative estimate of drug-likeness (QED) is 0.448. The third kappa shape index (κ3) is 3.63. The largest absolute Gasteiger partial charge is 0.490 e. The number of carboxylic acid groups (broad SMARTS) is 1. The molecular formula is C21H18N6O4. The Bertz CT molecular complexity index is 1320. The number of rotatable bonds is 5. The summed E-state index contributed by atoms with van der Waals surface area (Å²) >= 11 is 0. The average Bonchev–Trinajstić information content (AvgIpc) is 3.46. The molecule has 1 aliphatic carbocycles. The molecule has 0 unspecified atom stereocenters. The van der Waals surface area contributed by atoms with Crippen molar-refractivity contribution < 1.29 is 14.6 Å². The number of pyridine rings is 1. The fraction of sp³-hybridized carbons (Fsp3) is 0.238. The van der Waals surface area contributed by atoms with E-state index >= 15 is 0 Å². The number of hydrogen-bond donors (Lipinski definition) is 3. The van der Waals surface area contributed by atoms with Gasteiger partial charge >= 0.3 is 5.97 Å². The van der Waals surface area contributed by atoms with E-state index in [1.54, 1.807) is 12.1 Å². The van der Waals surface area contributed by atoms with Crippen molar-refractivity contribution in [3.8, 4) is 28.4 Å². The third-order valence-corrected chi connectivity index (χ3v) is 5.33. The second-order valence-electron chi connectivity index (χ2n) is 7.38. The van der Waals surface area contributed by atoms with Gasteiger partial charge in [0.1, 0.15) is 11.6 Å². The summed E-state index contributed by atoms with van der Waals surface area (Å²) in [5.74, 6) is -0.127. The smallest absolute Gasteiger partial charge is 0.337 e. The van der Waals surface area contributed by atoms with Crippen LogP contribution in [0.15, 0.2) is 41.3 Å². The van der Waals surface area contributed by atoms with E-state index in [0.29, 0.717) is 22.8 Å². The summed E-state index contributed by atoms with van der Waals surface area (Å²) < 4.78 is 6.29. The zero-order chi connectivity index (χ0) is 21.4. The molecule has 156 valence electrons. The van der Waals surface area contributed by atoms with Crippen molar-refractivity contribution in [2.75, 3.05) is 0 Å². The predicted molar refractivity (Wildman–Crippen MR) is 111 cm³/mol. The van der Waals surface area contributed by atoms with Crippen LogP contribution in [0.1, 0.15) is 36.0 Å². The molecule has 0 bridgehead atoms. The number of ether oxygens (including phenoxy) is 1. The second-order valence-corrected chi connectivity index (χ2v) is 7.38. The van der Waals surface area contributed by atoms with Crippen LogP contribution in [0.2, 0.25) is 0 Å². The van der Waals surface area contributed by atoms with Gasteiger partial charge in [0.15, 0.2) is 5.52 Å². The SMILES string of the molecule is O=C(O)c1ccc(-c2ccc(-c3nc4n[nH]nc4c(=O)[nH]3)c(OC3CCCC3)c2)nc1. The van der Waals surface area contributed by atoms with Crippen LogP contribution in [0, 0.1) is 0 Å². The van der Waals surface area contributed by atoms with E-state index in [4.69, 9.17) is 9.84 Å². The minimum absolute atomic E-state index is 0.0823. The molecule has 1 aliphatic rings. The number of carbonyl (C=O) groups is 1. The Hall–Kier alpha value is -4.08. The maximum absolute atomic E-state index is 12.3. The van der Waals surface area contributed by atoms with Crippen molar-refractivity contribution in [3.63, 3.8) is 0 Å². The third-order valence-electron chi connectivity index (χ3n) is 5.33. The van der Waals surface area contributed by atoms with Gasteiger partial charge in [-0.25, -0.2) is 9.78 Å².